The van der Waals surface area contributed by atoms with E-state index in [1.54, 1.807) is 0 Å². The lowest BCUT2D eigenvalue weighted by molar-refractivity contribution is -0.150. The number of nitrogens with zero attached hydrogens (tertiary/aromatic N) is 1. The van der Waals surface area contributed by atoms with Gasteiger partial charge < -0.3 is 14.7 Å². The molecule has 2 rings (SSSR count). The molecule has 0 spiro atoms. The Balaban J connectivity index is 2.09. The highest BCUT2D eigenvalue weighted by atomic mass is 16.5. The summed E-state index contributed by atoms with van der Waals surface area (Å²) in [4.78, 5) is 24.9. The second-order valence-electron chi connectivity index (χ2n) is 5.12. The lowest BCUT2D eigenvalue weighted by atomic mass is 9.87. The fourth-order valence-electron chi connectivity index (χ4n) is 2.99. The molecule has 5 heteroatoms. The van der Waals surface area contributed by atoms with E-state index in [0.717, 1.165) is 19.4 Å². The van der Waals surface area contributed by atoms with Crippen LogP contribution < -0.4 is 0 Å². The van der Waals surface area contributed by atoms with Gasteiger partial charge in [0.1, 0.15) is 0 Å². The Morgan fingerprint density at radius 2 is 2.17 bits per heavy atom. The summed E-state index contributed by atoms with van der Waals surface area (Å²) in [6.07, 6.45) is 3.54. The molecular weight excluding hydrogens is 234 g/mol. The number of hydrogen-bond acceptors (Lipinski definition) is 3. The highest BCUT2D eigenvalue weighted by Crippen LogP contribution is 2.30. The maximum Gasteiger partial charge on any atom is 0.306 e. The first kappa shape index (κ1) is 13.3. The molecule has 2 aliphatic heterocycles. The second kappa shape index (κ2) is 5.69. The van der Waals surface area contributed by atoms with Gasteiger partial charge in [0.25, 0.3) is 0 Å². The number of hydrogen-bond donors (Lipinski definition) is 1. The molecular formula is C13H21NO4. The monoisotopic (exact) mass is 255 g/mol. The van der Waals surface area contributed by atoms with Crippen LogP contribution in [0.4, 0.5) is 0 Å². The molecule has 2 saturated heterocycles. The quantitative estimate of drug-likeness (QED) is 0.824. The molecule has 1 N–H and O–H groups in total. The summed E-state index contributed by atoms with van der Waals surface area (Å²) in [5.41, 5.74) is 0. The van der Waals surface area contributed by atoms with Crippen LogP contribution in [0.5, 0.6) is 0 Å². The maximum absolute atomic E-state index is 11.9. The van der Waals surface area contributed by atoms with Gasteiger partial charge in [0.05, 0.1) is 18.1 Å². The van der Waals surface area contributed by atoms with E-state index in [4.69, 9.17) is 9.84 Å². The number of carboxylic acid groups (broad SMARTS) is 1. The van der Waals surface area contributed by atoms with Crippen molar-refractivity contribution in [1.82, 2.24) is 4.90 Å². The van der Waals surface area contributed by atoms with Gasteiger partial charge in [-0.15, -0.1) is 0 Å². The van der Waals surface area contributed by atoms with E-state index >= 15 is 0 Å². The highest BCUT2D eigenvalue weighted by molar-refractivity contribution is 5.77. The molecule has 18 heavy (non-hydrogen) atoms. The van der Waals surface area contributed by atoms with Gasteiger partial charge in [-0.25, -0.2) is 0 Å². The lowest BCUT2D eigenvalue weighted by Crippen LogP contribution is -2.52. The average molecular weight is 255 g/mol. The first-order valence-electron chi connectivity index (χ1n) is 6.77. The van der Waals surface area contributed by atoms with Crippen LogP contribution >= 0.6 is 0 Å². The molecule has 2 fully saturated rings. The van der Waals surface area contributed by atoms with Crippen molar-refractivity contribution >= 4 is 11.9 Å². The van der Waals surface area contributed by atoms with E-state index in [0.29, 0.717) is 25.8 Å². The van der Waals surface area contributed by atoms with Crippen molar-refractivity contribution in [1.29, 1.82) is 0 Å². The van der Waals surface area contributed by atoms with Crippen molar-refractivity contribution in [2.24, 2.45) is 5.92 Å². The fourth-order valence-corrected chi connectivity index (χ4v) is 2.99. The van der Waals surface area contributed by atoms with Crippen LogP contribution in [0.3, 0.4) is 0 Å². The highest BCUT2D eigenvalue weighted by Gasteiger charge is 2.39. The third-order valence-corrected chi connectivity index (χ3v) is 4.01. The third kappa shape index (κ3) is 2.66. The molecule has 2 heterocycles. The molecule has 0 aromatic heterocycles. The Labute approximate surface area is 107 Å². The van der Waals surface area contributed by atoms with E-state index in [9.17, 15) is 9.59 Å². The predicted molar refractivity (Wildman–Crippen MR) is 65.1 cm³/mol. The maximum atomic E-state index is 11.9. The Morgan fingerprint density at radius 3 is 2.72 bits per heavy atom. The largest absolute Gasteiger partial charge is 0.481 e. The molecule has 3 unspecified atom stereocenters. The van der Waals surface area contributed by atoms with Gasteiger partial charge in [0.2, 0.25) is 5.91 Å². The molecule has 0 aromatic carbocycles. The number of carbonyl (C=O) groups excluding carboxylic acids is 1. The zero-order valence-corrected chi connectivity index (χ0v) is 10.8. The average Bonchev–Trinajstić information content (AvgIpc) is 2.90. The van der Waals surface area contributed by atoms with Crippen molar-refractivity contribution in [3.8, 4) is 0 Å². The van der Waals surface area contributed by atoms with Crippen molar-refractivity contribution in [2.45, 2.75) is 51.2 Å². The summed E-state index contributed by atoms with van der Waals surface area (Å²) in [6.45, 7) is 3.12. The zero-order chi connectivity index (χ0) is 13.1. The minimum atomic E-state index is -0.749. The van der Waals surface area contributed by atoms with Crippen LogP contribution in [0.2, 0.25) is 0 Å². The van der Waals surface area contributed by atoms with Crippen LogP contribution in [0.25, 0.3) is 0 Å². The number of aliphatic carboxylic acids is 1. The number of carbonyl (C=O) groups is 2. The molecule has 0 aliphatic carbocycles. The minimum Gasteiger partial charge on any atom is -0.481 e. The van der Waals surface area contributed by atoms with Gasteiger partial charge in [-0.05, 0) is 25.7 Å². The van der Waals surface area contributed by atoms with E-state index in [-0.39, 0.29) is 24.0 Å². The molecule has 0 aromatic rings. The summed E-state index contributed by atoms with van der Waals surface area (Å²) in [5.74, 6) is -0.971. The number of amides is 1. The van der Waals surface area contributed by atoms with Crippen molar-refractivity contribution in [3.05, 3.63) is 0 Å². The van der Waals surface area contributed by atoms with Gasteiger partial charge >= 0.3 is 5.97 Å². The molecule has 2 aliphatic rings. The Bertz CT molecular complexity index is 325. The molecule has 0 saturated carbocycles. The van der Waals surface area contributed by atoms with E-state index in [2.05, 4.69) is 0 Å². The van der Waals surface area contributed by atoms with Crippen molar-refractivity contribution < 1.29 is 19.4 Å². The van der Waals surface area contributed by atoms with Gasteiger partial charge in [-0.2, -0.15) is 0 Å². The first-order chi connectivity index (χ1) is 8.63. The number of rotatable bonds is 3. The second-order valence-corrected chi connectivity index (χ2v) is 5.12. The normalized spacial score (nSPS) is 32.5. The predicted octanol–water partition coefficient (Wildman–Crippen LogP) is 1.27. The minimum absolute atomic E-state index is 0.0302. The lowest BCUT2D eigenvalue weighted by Gasteiger charge is -2.40. The number of carboxylic acids is 1. The van der Waals surface area contributed by atoms with Crippen LogP contribution in [0, 0.1) is 5.92 Å². The zero-order valence-electron chi connectivity index (χ0n) is 10.8. The molecule has 102 valence electrons. The fraction of sp³-hybridized carbons (Fsp3) is 0.846. The number of likely N-dealkylation sites (tertiary alicyclic amines) is 1. The van der Waals surface area contributed by atoms with Crippen LogP contribution in [0.15, 0.2) is 0 Å². The Kier molecular flexibility index (Phi) is 4.22. The summed E-state index contributed by atoms with van der Waals surface area (Å²) >= 11 is 0. The summed E-state index contributed by atoms with van der Waals surface area (Å²) in [6, 6.07) is -0.0465. The van der Waals surface area contributed by atoms with E-state index < -0.39 is 5.97 Å². The summed E-state index contributed by atoms with van der Waals surface area (Å²) in [7, 11) is 0. The van der Waals surface area contributed by atoms with Gasteiger partial charge in [0, 0.05) is 19.6 Å². The van der Waals surface area contributed by atoms with E-state index in [1.807, 2.05) is 11.8 Å². The van der Waals surface area contributed by atoms with Crippen LogP contribution in [0.1, 0.15) is 39.0 Å². The standard InChI is InChI=1S/C13H21NO4/c1-2-12(15)14-6-5-9(13(16)17)8-10(14)11-4-3-7-18-11/h9-11H,2-8H2,1H3,(H,16,17). The number of ether oxygens (including phenoxy) is 1. The molecule has 5 nitrogen and oxygen atoms in total. The van der Waals surface area contributed by atoms with E-state index in [1.165, 1.54) is 0 Å². The smallest absolute Gasteiger partial charge is 0.306 e. The molecule has 3 atom stereocenters. The molecule has 1 amide bonds. The topological polar surface area (TPSA) is 66.8 Å². The molecule has 0 radical (unpaired) electrons. The first-order valence-corrected chi connectivity index (χ1v) is 6.77. The van der Waals surface area contributed by atoms with Gasteiger partial charge in [0.15, 0.2) is 0 Å². The Morgan fingerprint density at radius 1 is 1.39 bits per heavy atom. The number of piperidine rings is 1. The van der Waals surface area contributed by atoms with Gasteiger partial charge in [-0.3, -0.25) is 9.59 Å². The van der Waals surface area contributed by atoms with Crippen molar-refractivity contribution in [3.63, 3.8) is 0 Å². The summed E-state index contributed by atoms with van der Waals surface area (Å²) < 4.78 is 5.66. The van der Waals surface area contributed by atoms with Crippen LogP contribution in [-0.4, -0.2) is 47.2 Å². The third-order valence-electron chi connectivity index (χ3n) is 4.01. The van der Waals surface area contributed by atoms with Crippen molar-refractivity contribution in [2.75, 3.05) is 13.2 Å². The summed E-state index contributed by atoms with van der Waals surface area (Å²) in [5, 5.41) is 9.14. The SMILES string of the molecule is CCC(=O)N1CCC(C(=O)O)CC1C1CCCO1. The molecule has 0 bridgehead atoms. The van der Waals surface area contributed by atoms with Gasteiger partial charge in [-0.1, -0.05) is 6.92 Å². The van der Waals surface area contributed by atoms with Crippen LogP contribution in [-0.2, 0) is 14.3 Å². The Hall–Kier alpha value is -1.10.